The van der Waals surface area contributed by atoms with Gasteiger partial charge in [0.1, 0.15) is 17.6 Å². The summed E-state index contributed by atoms with van der Waals surface area (Å²) in [6, 6.07) is -1.26. The van der Waals surface area contributed by atoms with Crippen LogP contribution in [0.1, 0.15) is 22.7 Å². The molecule has 0 aliphatic carbocycles. The number of nitrogens with one attached hydrogen (secondary N) is 2. The molecule has 1 unspecified atom stereocenters. The van der Waals surface area contributed by atoms with Crippen molar-refractivity contribution in [2.45, 2.75) is 25.3 Å². The van der Waals surface area contributed by atoms with Crippen LogP contribution >= 0.6 is 11.6 Å². The Labute approximate surface area is 113 Å². The van der Waals surface area contributed by atoms with Gasteiger partial charge in [-0.05, 0) is 6.92 Å². The number of nitrogens with zero attached hydrogens (tertiary/aromatic N) is 2. The molecule has 104 valence electrons. The van der Waals surface area contributed by atoms with Crippen LogP contribution in [-0.4, -0.2) is 40.9 Å². The number of alkyl halides is 2. The zero-order valence-electron chi connectivity index (χ0n) is 10.2. The van der Waals surface area contributed by atoms with Gasteiger partial charge in [0.25, 0.3) is 11.8 Å². The number of hydrogen-bond acceptors (Lipinski definition) is 4. The number of aromatic nitrogens is 2. The molecule has 1 aromatic heterocycles. The molecular weight excluding hydrogens is 278 g/mol. The Morgan fingerprint density at radius 3 is 3.05 bits per heavy atom. The third-order valence-corrected chi connectivity index (χ3v) is 3.15. The van der Waals surface area contributed by atoms with E-state index in [2.05, 4.69) is 20.6 Å². The maximum absolute atomic E-state index is 13.6. The van der Waals surface area contributed by atoms with Crippen molar-refractivity contribution in [3.63, 3.8) is 0 Å². The lowest BCUT2D eigenvalue weighted by Crippen LogP contribution is -2.57. The highest BCUT2D eigenvalue weighted by atomic mass is 35.5. The van der Waals surface area contributed by atoms with Crippen LogP contribution < -0.4 is 10.6 Å². The zero-order valence-corrected chi connectivity index (χ0v) is 11.0. The predicted molar refractivity (Wildman–Crippen MR) is 65.5 cm³/mol. The molecule has 1 aliphatic heterocycles. The van der Waals surface area contributed by atoms with Gasteiger partial charge in [0.15, 0.2) is 0 Å². The number of carbonyl (C=O) groups is 1. The number of halogens is 3. The van der Waals surface area contributed by atoms with Crippen LogP contribution in [0.25, 0.3) is 0 Å². The van der Waals surface area contributed by atoms with Gasteiger partial charge in [-0.15, -0.1) is 0 Å². The van der Waals surface area contributed by atoms with Crippen LogP contribution in [0.3, 0.4) is 0 Å². The standard InChI is InChI=1S/C11H13ClF2N4O/c1-6-16-4-7(12)9(17-6)10(19)18-8-5-15-3-2-11(8,13)14/h4,8,15H,2-3,5H2,1H3,(H,18,19). The summed E-state index contributed by atoms with van der Waals surface area (Å²) in [6.45, 7) is 1.83. The van der Waals surface area contributed by atoms with Gasteiger partial charge in [0, 0.05) is 19.5 Å². The van der Waals surface area contributed by atoms with Crippen LogP contribution in [-0.2, 0) is 0 Å². The molecule has 1 aliphatic rings. The number of aryl methyl sites for hydroxylation is 1. The summed E-state index contributed by atoms with van der Waals surface area (Å²) in [5.41, 5.74) is -0.0875. The lowest BCUT2D eigenvalue weighted by molar-refractivity contribution is -0.0543. The minimum atomic E-state index is -2.94. The zero-order chi connectivity index (χ0) is 14.0. The molecule has 8 heteroatoms. The smallest absolute Gasteiger partial charge is 0.272 e. The van der Waals surface area contributed by atoms with E-state index in [0.29, 0.717) is 5.82 Å². The fourth-order valence-electron chi connectivity index (χ4n) is 1.82. The van der Waals surface area contributed by atoms with E-state index >= 15 is 0 Å². The van der Waals surface area contributed by atoms with Gasteiger partial charge in [-0.1, -0.05) is 11.6 Å². The average Bonchev–Trinajstić information content (AvgIpc) is 2.34. The molecule has 0 bridgehead atoms. The van der Waals surface area contributed by atoms with Gasteiger partial charge in [0.05, 0.1) is 11.2 Å². The maximum atomic E-state index is 13.6. The first kappa shape index (κ1) is 14.1. The molecule has 1 amide bonds. The van der Waals surface area contributed by atoms with Crippen molar-refractivity contribution in [1.82, 2.24) is 20.6 Å². The Hall–Kier alpha value is -1.34. The van der Waals surface area contributed by atoms with Crippen molar-refractivity contribution in [3.05, 3.63) is 22.7 Å². The van der Waals surface area contributed by atoms with Gasteiger partial charge in [0.2, 0.25) is 0 Å². The lowest BCUT2D eigenvalue weighted by atomic mass is 10.0. The topological polar surface area (TPSA) is 66.9 Å². The third kappa shape index (κ3) is 3.16. The predicted octanol–water partition coefficient (Wildman–Crippen LogP) is 1.17. The number of rotatable bonds is 2. The number of piperidine rings is 1. The largest absolute Gasteiger partial charge is 0.341 e. The molecule has 5 nitrogen and oxygen atoms in total. The SMILES string of the molecule is Cc1ncc(Cl)c(C(=O)NC2CNCCC2(F)F)n1. The number of amides is 1. The summed E-state index contributed by atoms with van der Waals surface area (Å²) < 4.78 is 27.2. The summed E-state index contributed by atoms with van der Waals surface area (Å²) >= 11 is 5.79. The Morgan fingerprint density at radius 1 is 1.63 bits per heavy atom. The van der Waals surface area contributed by atoms with Crippen molar-refractivity contribution >= 4 is 17.5 Å². The molecule has 19 heavy (non-hydrogen) atoms. The van der Waals surface area contributed by atoms with Gasteiger partial charge in [-0.25, -0.2) is 18.7 Å². The van der Waals surface area contributed by atoms with Gasteiger partial charge < -0.3 is 10.6 Å². The molecule has 2 heterocycles. The fraction of sp³-hybridized carbons (Fsp3) is 0.545. The Bertz CT molecular complexity index is 498. The third-order valence-electron chi connectivity index (χ3n) is 2.88. The highest BCUT2D eigenvalue weighted by Gasteiger charge is 2.42. The van der Waals surface area contributed by atoms with E-state index in [1.807, 2.05) is 0 Å². The second kappa shape index (κ2) is 5.34. The summed E-state index contributed by atoms with van der Waals surface area (Å²) in [6.07, 6.45) is 0.963. The number of hydrogen-bond donors (Lipinski definition) is 2. The van der Waals surface area contributed by atoms with Gasteiger partial charge in [-0.2, -0.15) is 0 Å². The van der Waals surface area contributed by atoms with E-state index in [1.54, 1.807) is 6.92 Å². The molecule has 0 spiro atoms. The van der Waals surface area contributed by atoms with Crippen molar-refractivity contribution < 1.29 is 13.6 Å². The fourth-order valence-corrected chi connectivity index (χ4v) is 2.00. The summed E-state index contributed by atoms with van der Waals surface area (Å²) in [5, 5.41) is 5.12. The van der Waals surface area contributed by atoms with Gasteiger partial charge in [-0.3, -0.25) is 4.79 Å². The molecule has 1 atom stereocenters. The second-order valence-corrected chi connectivity index (χ2v) is 4.76. The maximum Gasteiger partial charge on any atom is 0.272 e. The van der Waals surface area contributed by atoms with E-state index in [-0.39, 0.29) is 30.2 Å². The van der Waals surface area contributed by atoms with E-state index in [1.165, 1.54) is 6.20 Å². The summed E-state index contributed by atoms with van der Waals surface area (Å²) in [4.78, 5) is 19.6. The monoisotopic (exact) mass is 290 g/mol. The Balaban J connectivity index is 2.14. The Kier molecular flexibility index (Phi) is 3.96. The molecule has 1 saturated heterocycles. The highest BCUT2D eigenvalue weighted by molar-refractivity contribution is 6.33. The molecular formula is C11H13ClF2N4O. The van der Waals surface area contributed by atoms with E-state index in [9.17, 15) is 13.6 Å². The van der Waals surface area contributed by atoms with Crippen molar-refractivity contribution in [2.24, 2.45) is 0 Å². The van der Waals surface area contributed by atoms with E-state index in [4.69, 9.17) is 11.6 Å². The summed E-state index contributed by atoms with van der Waals surface area (Å²) in [5.74, 6) is -3.30. The van der Waals surface area contributed by atoms with Crippen molar-refractivity contribution in [2.75, 3.05) is 13.1 Å². The van der Waals surface area contributed by atoms with E-state index in [0.717, 1.165) is 0 Å². The molecule has 2 N–H and O–H groups in total. The van der Waals surface area contributed by atoms with Crippen molar-refractivity contribution in [3.8, 4) is 0 Å². The van der Waals surface area contributed by atoms with Crippen LogP contribution in [0.15, 0.2) is 6.20 Å². The van der Waals surface area contributed by atoms with Crippen LogP contribution in [0.2, 0.25) is 5.02 Å². The van der Waals surface area contributed by atoms with Gasteiger partial charge >= 0.3 is 0 Å². The first-order chi connectivity index (χ1) is 8.90. The summed E-state index contributed by atoms with van der Waals surface area (Å²) in [7, 11) is 0. The molecule has 1 fully saturated rings. The second-order valence-electron chi connectivity index (χ2n) is 4.35. The molecule has 0 saturated carbocycles. The van der Waals surface area contributed by atoms with Crippen molar-refractivity contribution in [1.29, 1.82) is 0 Å². The molecule has 0 aromatic carbocycles. The highest BCUT2D eigenvalue weighted by Crippen LogP contribution is 2.25. The van der Waals surface area contributed by atoms with Crippen LogP contribution in [0.4, 0.5) is 8.78 Å². The Morgan fingerprint density at radius 2 is 2.37 bits per heavy atom. The number of carbonyl (C=O) groups excluding carboxylic acids is 1. The molecule has 0 radical (unpaired) electrons. The minimum Gasteiger partial charge on any atom is -0.341 e. The molecule has 1 aromatic rings. The van der Waals surface area contributed by atoms with Crippen LogP contribution in [0, 0.1) is 6.92 Å². The lowest BCUT2D eigenvalue weighted by Gasteiger charge is -2.32. The minimum absolute atomic E-state index is 0.0143. The molecule has 2 rings (SSSR count). The first-order valence-corrected chi connectivity index (χ1v) is 6.16. The van der Waals surface area contributed by atoms with Crippen LogP contribution in [0.5, 0.6) is 0 Å². The average molecular weight is 291 g/mol. The normalized spacial score (nSPS) is 22.0. The first-order valence-electron chi connectivity index (χ1n) is 5.79. The quantitative estimate of drug-likeness (QED) is 0.858. The van der Waals surface area contributed by atoms with E-state index < -0.39 is 17.9 Å².